The summed E-state index contributed by atoms with van der Waals surface area (Å²) in [5.41, 5.74) is 2.71. The molecule has 0 aliphatic heterocycles. The number of carbonyl (C=O) groups is 1. The first-order valence-electron chi connectivity index (χ1n) is 6.38. The zero-order chi connectivity index (χ0) is 14.5. The SMILES string of the molecule is Cc1ccccc1CCC(=O)Nc1nn(C)cc1C#N. The van der Waals surface area contributed by atoms with Crippen LogP contribution in [-0.4, -0.2) is 15.7 Å². The van der Waals surface area contributed by atoms with E-state index in [1.807, 2.05) is 37.3 Å². The van der Waals surface area contributed by atoms with Crippen LogP contribution in [0.4, 0.5) is 5.82 Å². The summed E-state index contributed by atoms with van der Waals surface area (Å²) in [6.45, 7) is 2.03. The van der Waals surface area contributed by atoms with Gasteiger partial charge >= 0.3 is 0 Å². The van der Waals surface area contributed by atoms with Gasteiger partial charge in [-0.05, 0) is 24.5 Å². The number of nitriles is 1. The Hall–Kier alpha value is -2.61. The van der Waals surface area contributed by atoms with Gasteiger partial charge in [0.1, 0.15) is 11.6 Å². The van der Waals surface area contributed by atoms with Gasteiger partial charge < -0.3 is 5.32 Å². The zero-order valence-electron chi connectivity index (χ0n) is 11.6. The lowest BCUT2D eigenvalue weighted by molar-refractivity contribution is -0.116. The maximum Gasteiger partial charge on any atom is 0.225 e. The molecule has 102 valence electrons. The lowest BCUT2D eigenvalue weighted by Gasteiger charge is -2.05. The Morgan fingerprint density at radius 1 is 1.45 bits per heavy atom. The van der Waals surface area contributed by atoms with E-state index in [-0.39, 0.29) is 5.91 Å². The maximum atomic E-state index is 11.9. The standard InChI is InChI=1S/C15H16N4O/c1-11-5-3-4-6-12(11)7-8-14(20)17-15-13(9-16)10-19(2)18-15/h3-6,10H,7-8H2,1-2H3,(H,17,18,20). The summed E-state index contributed by atoms with van der Waals surface area (Å²) < 4.78 is 1.51. The highest BCUT2D eigenvalue weighted by molar-refractivity contribution is 5.91. The second-order valence-electron chi connectivity index (χ2n) is 4.65. The molecule has 0 aliphatic carbocycles. The van der Waals surface area contributed by atoms with E-state index in [4.69, 9.17) is 5.26 Å². The zero-order valence-corrected chi connectivity index (χ0v) is 11.6. The molecule has 0 radical (unpaired) electrons. The van der Waals surface area contributed by atoms with Gasteiger partial charge in [0.25, 0.3) is 0 Å². The minimum Gasteiger partial charge on any atom is -0.308 e. The van der Waals surface area contributed by atoms with Gasteiger partial charge in [0.05, 0.1) is 0 Å². The van der Waals surface area contributed by atoms with Gasteiger partial charge in [0.15, 0.2) is 5.82 Å². The van der Waals surface area contributed by atoms with Crippen molar-refractivity contribution in [2.75, 3.05) is 5.32 Å². The molecule has 0 aliphatic rings. The molecule has 1 aromatic heterocycles. The summed E-state index contributed by atoms with van der Waals surface area (Å²) in [6.07, 6.45) is 2.62. The number of aromatic nitrogens is 2. The summed E-state index contributed by atoms with van der Waals surface area (Å²) in [6, 6.07) is 10.00. The number of rotatable bonds is 4. The van der Waals surface area contributed by atoms with Gasteiger partial charge in [-0.15, -0.1) is 0 Å². The van der Waals surface area contributed by atoms with Crippen molar-refractivity contribution in [2.45, 2.75) is 19.8 Å². The second kappa shape index (κ2) is 6.02. The molecule has 1 heterocycles. The number of aryl methyl sites for hydroxylation is 3. The first-order valence-corrected chi connectivity index (χ1v) is 6.38. The predicted octanol–water partition coefficient (Wildman–Crippen LogP) is 2.17. The minimum atomic E-state index is -0.136. The normalized spacial score (nSPS) is 10.1. The van der Waals surface area contributed by atoms with E-state index >= 15 is 0 Å². The predicted molar refractivity (Wildman–Crippen MR) is 76.1 cm³/mol. The monoisotopic (exact) mass is 268 g/mol. The average Bonchev–Trinajstić information content (AvgIpc) is 2.78. The highest BCUT2D eigenvalue weighted by atomic mass is 16.1. The van der Waals surface area contributed by atoms with Crippen LogP contribution in [0.3, 0.4) is 0 Å². The van der Waals surface area contributed by atoms with Gasteiger partial charge in [-0.1, -0.05) is 24.3 Å². The molecule has 1 N–H and O–H groups in total. The maximum absolute atomic E-state index is 11.9. The number of nitrogens with one attached hydrogen (secondary N) is 1. The fraction of sp³-hybridized carbons (Fsp3) is 0.267. The van der Waals surface area contributed by atoms with Crippen LogP contribution in [0.25, 0.3) is 0 Å². The Bertz CT molecular complexity index is 667. The van der Waals surface area contributed by atoms with E-state index in [2.05, 4.69) is 10.4 Å². The summed E-state index contributed by atoms with van der Waals surface area (Å²) in [7, 11) is 1.71. The van der Waals surface area contributed by atoms with Crippen LogP contribution in [0, 0.1) is 18.3 Å². The van der Waals surface area contributed by atoms with E-state index in [0.29, 0.717) is 24.2 Å². The van der Waals surface area contributed by atoms with E-state index in [9.17, 15) is 4.79 Å². The van der Waals surface area contributed by atoms with Crippen molar-refractivity contribution in [3.05, 3.63) is 47.2 Å². The molecular weight excluding hydrogens is 252 g/mol. The van der Waals surface area contributed by atoms with E-state index in [0.717, 1.165) is 5.56 Å². The molecular formula is C15H16N4O. The van der Waals surface area contributed by atoms with Crippen LogP contribution in [0.5, 0.6) is 0 Å². The van der Waals surface area contributed by atoms with Gasteiger partial charge in [-0.3, -0.25) is 9.48 Å². The number of anilines is 1. The van der Waals surface area contributed by atoms with E-state index in [1.54, 1.807) is 13.2 Å². The molecule has 2 rings (SSSR count). The highest BCUT2D eigenvalue weighted by Crippen LogP contribution is 2.13. The van der Waals surface area contributed by atoms with Crippen molar-refractivity contribution in [3.8, 4) is 6.07 Å². The Morgan fingerprint density at radius 3 is 2.90 bits per heavy atom. The van der Waals surface area contributed by atoms with Crippen LogP contribution >= 0.6 is 0 Å². The number of hydrogen-bond donors (Lipinski definition) is 1. The summed E-state index contributed by atoms with van der Waals surface area (Å²) in [5.74, 6) is 0.188. The number of nitrogens with zero attached hydrogens (tertiary/aromatic N) is 3. The molecule has 5 nitrogen and oxygen atoms in total. The van der Waals surface area contributed by atoms with E-state index < -0.39 is 0 Å². The molecule has 0 spiro atoms. The van der Waals surface area contributed by atoms with Gasteiger partial charge in [-0.2, -0.15) is 10.4 Å². The quantitative estimate of drug-likeness (QED) is 0.923. The number of carbonyl (C=O) groups excluding carboxylic acids is 1. The number of hydrogen-bond acceptors (Lipinski definition) is 3. The summed E-state index contributed by atoms with van der Waals surface area (Å²) in [4.78, 5) is 11.9. The topological polar surface area (TPSA) is 70.7 Å². The summed E-state index contributed by atoms with van der Waals surface area (Å²) >= 11 is 0. The van der Waals surface area contributed by atoms with Gasteiger partial charge in [-0.25, -0.2) is 0 Å². The smallest absolute Gasteiger partial charge is 0.225 e. The average molecular weight is 268 g/mol. The van der Waals surface area contributed by atoms with Crippen LogP contribution in [0.2, 0.25) is 0 Å². The number of benzene rings is 1. The molecule has 0 atom stereocenters. The Kier molecular flexibility index (Phi) is 4.16. The lowest BCUT2D eigenvalue weighted by Crippen LogP contribution is -2.14. The molecule has 20 heavy (non-hydrogen) atoms. The Labute approximate surface area is 117 Å². The number of amides is 1. The first kappa shape index (κ1) is 13.8. The highest BCUT2D eigenvalue weighted by Gasteiger charge is 2.11. The molecule has 1 aromatic carbocycles. The Balaban J connectivity index is 1.96. The van der Waals surface area contributed by atoms with Crippen LogP contribution in [0.1, 0.15) is 23.1 Å². The van der Waals surface area contributed by atoms with Crippen molar-refractivity contribution < 1.29 is 4.79 Å². The van der Waals surface area contributed by atoms with E-state index in [1.165, 1.54) is 10.2 Å². The van der Waals surface area contributed by atoms with Crippen molar-refractivity contribution >= 4 is 11.7 Å². The molecule has 2 aromatic rings. The van der Waals surface area contributed by atoms with Crippen LogP contribution < -0.4 is 5.32 Å². The van der Waals surface area contributed by atoms with Crippen LogP contribution in [-0.2, 0) is 18.3 Å². The molecule has 0 fully saturated rings. The third-order valence-electron chi connectivity index (χ3n) is 3.09. The molecule has 0 unspecified atom stereocenters. The fourth-order valence-electron chi connectivity index (χ4n) is 2.00. The van der Waals surface area contributed by atoms with Gasteiger partial charge in [0.2, 0.25) is 5.91 Å². The minimum absolute atomic E-state index is 0.136. The van der Waals surface area contributed by atoms with Crippen molar-refractivity contribution in [1.29, 1.82) is 5.26 Å². The van der Waals surface area contributed by atoms with Gasteiger partial charge in [0, 0.05) is 19.7 Å². The third-order valence-corrected chi connectivity index (χ3v) is 3.09. The Morgan fingerprint density at radius 2 is 2.20 bits per heavy atom. The van der Waals surface area contributed by atoms with Crippen molar-refractivity contribution in [1.82, 2.24) is 9.78 Å². The molecule has 0 saturated carbocycles. The first-order chi connectivity index (χ1) is 9.60. The fourth-order valence-corrected chi connectivity index (χ4v) is 2.00. The lowest BCUT2D eigenvalue weighted by atomic mass is 10.0. The third kappa shape index (κ3) is 3.23. The molecule has 1 amide bonds. The second-order valence-corrected chi connectivity index (χ2v) is 4.65. The van der Waals surface area contributed by atoms with Crippen LogP contribution in [0.15, 0.2) is 30.5 Å². The molecule has 5 heteroatoms. The van der Waals surface area contributed by atoms with Crippen molar-refractivity contribution in [2.24, 2.45) is 7.05 Å². The summed E-state index contributed by atoms with van der Waals surface area (Å²) in [5, 5.41) is 15.7. The largest absolute Gasteiger partial charge is 0.308 e. The molecule has 0 saturated heterocycles. The molecule has 0 bridgehead atoms. The van der Waals surface area contributed by atoms with Crippen molar-refractivity contribution in [3.63, 3.8) is 0 Å².